The van der Waals surface area contributed by atoms with Gasteiger partial charge in [-0.25, -0.2) is 0 Å². The molecule has 8 rings (SSSR count). The van der Waals surface area contributed by atoms with Crippen molar-refractivity contribution in [2.24, 2.45) is 10.8 Å². The number of hydrogen-bond acceptors (Lipinski definition) is 5. The molecule has 5 aromatic carbocycles. The van der Waals surface area contributed by atoms with Gasteiger partial charge in [0.2, 0.25) is 0 Å². The highest BCUT2D eigenvalue weighted by atomic mass is 16.5. The van der Waals surface area contributed by atoms with Crippen molar-refractivity contribution in [1.29, 1.82) is 0 Å². The molecule has 1 aliphatic carbocycles. The predicted octanol–water partition coefficient (Wildman–Crippen LogP) is 10.8. The van der Waals surface area contributed by atoms with Gasteiger partial charge in [0.1, 0.15) is 37.1 Å². The molecule has 1 saturated heterocycles. The second-order valence-corrected chi connectivity index (χ2v) is 17.2. The highest BCUT2D eigenvalue weighted by molar-refractivity contribution is 5.66. The van der Waals surface area contributed by atoms with Gasteiger partial charge in [-0.15, -0.1) is 0 Å². The van der Waals surface area contributed by atoms with Crippen LogP contribution in [0, 0.1) is 10.8 Å². The predicted molar refractivity (Wildman–Crippen MR) is 215 cm³/mol. The molecule has 1 N–H and O–H groups in total. The summed E-state index contributed by atoms with van der Waals surface area (Å²) in [7, 11) is 0. The van der Waals surface area contributed by atoms with Crippen LogP contribution in [0.2, 0.25) is 0 Å². The van der Waals surface area contributed by atoms with Gasteiger partial charge < -0.3 is 19.5 Å². The monoisotopic (exact) mass is 706 g/mol. The van der Waals surface area contributed by atoms with E-state index in [-0.39, 0.29) is 11.5 Å². The molecule has 2 aliphatic heterocycles. The lowest BCUT2D eigenvalue weighted by atomic mass is 9.65. The van der Waals surface area contributed by atoms with Gasteiger partial charge >= 0.3 is 0 Å². The third-order valence-corrected chi connectivity index (χ3v) is 11.9. The van der Waals surface area contributed by atoms with Crippen LogP contribution in [0.4, 0.5) is 5.69 Å². The minimum atomic E-state index is -0.242. The van der Waals surface area contributed by atoms with Crippen LogP contribution in [0.5, 0.6) is 17.2 Å². The van der Waals surface area contributed by atoms with Gasteiger partial charge in [-0.2, -0.15) is 0 Å². The molecule has 274 valence electrons. The van der Waals surface area contributed by atoms with Crippen LogP contribution < -0.4 is 19.5 Å². The Bertz CT molecular complexity index is 1980. The van der Waals surface area contributed by atoms with Crippen molar-refractivity contribution in [1.82, 2.24) is 4.90 Å². The molecule has 2 heterocycles. The molecule has 53 heavy (non-hydrogen) atoms. The average molecular weight is 707 g/mol. The van der Waals surface area contributed by atoms with Crippen LogP contribution in [-0.4, -0.2) is 30.6 Å². The summed E-state index contributed by atoms with van der Waals surface area (Å²) in [5.41, 5.74) is 7.88. The van der Waals surface area contributed by atoms with Crippen LogP contribution in [0.25, 0.3) is 0 Å². The van der Waals surface area contributed by atoms with Gasteiger partial charge in [-0.1, -0.05) is 113 Å². The fraction of sp³-hybridized carbons (Fsp3) is 0.375. The Morgan fingerprint density at radius 1 is 0.642 bits per heavy atom. The van der Waals surface area contributed by atoms with E-state index in [1.165, 1.54) is 42.5 Å². The number of nitrogens with one attached hydrogen (secondary N) is 1. The summed E-state index contributed by atoms with van der Waals surface area (Å²) in [6.45, 7) is 13.8. The second-order valence-electron chi connectivity index (χ2n) is 17.2. The lowest BCUT2D eigenvalue weighted by Gasteiger charge is -2.39. The fourth-order valence-electron chi connectivity index (χ4n) is 9.82. The second kappa shape index (κ2) is 14.6. The molecular formula is C48H54N2O3. The summed E-state index contributed by atoms with van der Waals surface area (Å²) in [5.74, 6) is 2.69. The van der Waals surface area contributed by atoms with Gasteiger partial charge in [0.25, 0.3) is 0 Å². The Labute approximate surface area is 316 Å². The van der Waals surface area contributed by atoms with E-state index in [0.717, 1.165) is 53.6 Å². The number of rotatable bonds is 13. The molecule has 0 radical (unpaired) electrons. The number of ether oxygens (including phenoxy) is 3. The highest BCUT2D eigenvalue weighted by Gasteiger charge is 2.49. The summed E-state index contributed by atoms with van der Waals surface area (Å²) < 4.78 is 18.8. The first-order valence-corrected chi connectivity index (χ1v) is 19.4. The van der Waals surface area contributed by atoms with E-state index in [4.69, 9.17) is 14.2 Å². The molecule has 0 amide bonds. The summed E-state index contributed by atoms with van der Waals surface area (Å²) in [5, 5.41) is 3.90. The van der Waals surface area contributed by atoms with Crippen molar-refractivity contribution in [3.05, 3.63) is 155 Å². The lowest BCUT2D eigenvalue weighted by molar-refractivity contribution is 0.124. The molecule has 4 atom stereocenters. The molecule has 0 spiro atoms. The first-order chi connectivity index (χ1) is 25.6. The maximum Gasteiger partial charge on any atom is 0.120 e. The standard InChI is InChI=1S/C48H54N2O3/c1-46(2)29-39-30-47(3,33-46)34-50(39)25-26-51-40-19-15-35(16-20-40)28-48(4)43-27-42(53-32-37-13-9-6-10-14-37)23-24-44(43)49-45(48)38-17-21-41(22-18-38)52-31-36-11-7-5-8-12-36/h5-24,27,39,45,49H,25-26,28-34H2,1-4H3. The lowest BCUT2D eigenvalue weighted by Crippen LogP contribution is -2.36. The molecule has 2 fully saturated rings. The Kier molecular flexibility index (Phi) is 9.72. The topological polar surface area (TPSA) is 43.0 Å². The van der Waals surface area contributed by atoms with E-state index < -0.39 is 0 Å². The number of nitrogens with zero attached hydrogens (tertiary/aromatic N) is 1. The number of anilines is 1. The maximum absolute atomic E-state index is 6.35. The number of benzene rings is 5. The summed E-state index contributed by atoms with van der Waals surface area (Å²) in [4.78, 5) is 2.69. The molecule has 0 aromatic heterocycles. The molecule has 5 nitrogen and oxygen atoms in total. The van der Waals surface area contributed by atoms with E-state index in [1.807, 2.05) is 24.3 Å². The third-order valence-electron chi connectivity index (χ3n) is 11.9. The normalized spacial score (nSPS) is 24.3. The largest absolute Gasteiger partial charge is 0.492 e. The summed E-state index contributed by atoms with van der Waals surface area (Å²) in [6, 6.07) is 45.3. The number of hydrogen-bond donors (Lipinski definition) is 1. The Morgan fingerprint density at radius 2 is 1.25 bits per heavy atom. The van der Waals surface area contributed by atoms with E-state index in [2.05, 4.69) is 141 Å². The Hall–Kier alpha value is -4.74. The van der Waals surface area contributed by atoms with Gasteiger partial charge in [0.15, 0.2) is 0 Å². The van der Waals surface area contributed by atoms with Crippen molar-refractivity contribution < 1.29 is 14.2 Å². The van der Waals surface area contributed by atoms with Crippen molar-refractivity contribution >= 4 is 5.69 Å². The van der Waals surface area contributed by atoms with E-state index >= 15 is 0 Å². The third kappa shape index (κ3) is 7.96. The minimum Gasteiger partial charge on any atom is -0.492 e. The zero-order valence-electron chi connectivity index (χ0n) is 31.8. The van der Waals surface area contributed by atoms with Crippen LogP contribution in [-0.2, 0) is 25.0 Å². The van der Waals surface area contributed by atoms with Gasteiger partial charge in [-0.3, -0.25) is 4.90 Å². The SMILES string of the molecule is CC1(C)CC2CC(C)(CN2CCOc2ccc(CC3(C)c4cc(OCc5ccccc5)ccc4NC3c3ccc(OCc4ccccc4)cc3)cc2)C1. The molecule has 5 heteroatoms. The van der Waals surface area contributed by atoms with Crippen LogP contribution in [0.1, 0.15) is 80.8 Å². The molecule has 2 bridgehead atoms. The van der Waals surface area contributed by atoms with Gasteiger partial charge in [-0.05, 0) is 107 Å². The Morgan fingerprint density at radius 3 is 1.92 bits per heavy atom. The minimum absolute atomic E-state index is 0.0627. The number of likely N-dealkylation sites (tertiary alicyclic amines) is 1. The van der Waals surface area contributed by atoms with Crippen LogP contribution in [0.3, 0.4) is 0 Å². The summed E-state index contributed by atoms with van der Waals surface area (Å²) in [6.07, 6.45) is 4.80. The molecular weight excluding hydrogens is 653 g/mol. The van der Waals surface area contributed by atoms with Crippen molar-refractivity contribution in [3.63, 3.8) is 0 Å². The zero-order valence-corrected chi connectivity index (χ0v) is 31.8. The zero-order chi connectivity index (χ0) is 36.5. The average Bonchev–Trinajstić information content (AvgIpc) is 3.58. The molecule has 3 aliphatic rings. The van der Waals surface area contributed by atoms with Crippen molar-refractivity contribution in [3.8, 4) is 17.2 Å². The Balaban J connectivity index is 0.976. The van der Waals surface area contributed by atoms with Crippen LogP contribution in [0.15, 0.2) is 127 Å². The van der Waals surface area contributed by atoms with E-state index in [1.54, 1.807) is 0 Å². The van der Waals surface area contributed by atoms with Gasteiger partial charge in [0, 0.05) is 30.2 Å². The van der Waals surface area contributed by atoms with Gasteiger partial charge in [0.05, 0.1) is 6.04 Å². The van der Waals surface area contributed by atoms with Crippen molar-refractivity contribution in [2.45, 2.75) is 84.1 Å². The molecule has 5 aromatic rings. The smallest absolute Gasteiger partial charge is 0.120 e. The molecule has 4 unspecified atom stereocenters. The highest BCUT2D eigenvalue weighted by Crippen LogP contribution is 2.53. The number of fused-ring (bicyclic) bond motifs is 3. The van der Waals surface area contributed by atoms with E-state index in [0.29, 0.717) is 30.1 Å². The van der Waals surface area contributed by atoms with Crippen LogP contribution >= 0.6 is 0 Å². The summed E-state index contributed by atoms with van der Waals surface area (Å²) >= 11 is 0. The fourth-order valence-corrected chi connectivity index (χ4v) is 9.82. The molecule has 1 saturated carbocycles. The van der Waals surface area contributed by atoms with Crippen molar-refractivity contribution in [2.75, 3.05) is 25.0 Å². The first kappa shape index (κ1) is 35.3. The maximum atomic E-state index is 6.35. The van der Waals surface area contributed by atoms with E-state index in [9.17, 15) is 0 Å². The first-order valence-electron chi connectivity index (χ1n) is 19.4. The quantitative estimate of drug-likeness (QED) is 0.132.